The number of carboxylic acid groups (broad SMARTS) is 1. The molecule has 7 heteroatoms. The lowest BCUT2D eigenvalue weighted by Crippen LogP contribution is -2.03. The Morgan fingerprint density at radius 3 is 2.47 bits per heavy atom. The number of carboxylic acids is 1. The molecule has 0 radical (unpaired) electrons. The first-order valence-corrected chi connectivity index (χ1v) is 7.33. The van der Waals surface area contributed by atoms with Gasteiger partial charge in [0.25, 0.3) is 0 Å². The molecule has 0 bridgehead atoms. The molecule has 100 valence electrons. The molecule has 0 atom stereocenters. The molecule has 0 fully saturated rings. The number of rotatable bonds is 4. The molecule has 6 nitrogen and oxygen atoms in total. The Labute approximate surface area is 110 Å². The van der Waals surface area contributed by atoms with Crippen molar-refractivity contribution in [3.63, 3.8) is 0 Å². The van der Waals surface area contributed by atoms with Crippen molar-refractivity contribution in [3.05, 3.63) is 47.3 Å². The van der Waals surface area contributed by atoms with Crippen LogP contribution in [0.3, 0.4) is 0 Å². The second-order valence-electron chi connectivity index (χ2n) is 4.11. The van der Waals surface area contributed by atoms with E-state index in [2.05, 4.69) is 9.97 Å². The maximum Gasteiger partial charge on any atom is 0.356 e. The third-order valence-corrected chi connectivity index (χ3v) is 3.43. The molecule has 0 saturated heterocycles. The van der Waals surface area contributed by atoms with E-state index in [0.29, 0.717) is 0 Å². The highest BCUT2D eigenvalue weighted by Crippen LogP contribution is 2.15. The van der Waals surface area contributed by atoms with Gasteiger partial charge in [-0.05, 0) is 5.56 Å². The molecule has 0 saturated carbocycles. The van der Waals surface area contributed by atoms with E-state index in [0.717, 1.165) is 11.8 Å². The molecular formula is C12H12N2O4S. The predicted octanol–water partition coefficient (Wildman–Crippen LogP) is 1.10. The topological polar surface area (TPSA) is 100 Å². The fourth-order valence-electron chi connectivity index (χ4n) is 1.67. The smallest absolute Gasteiger partial charge is 0.356 e. The molecule has 1 heterocycles. The second kappa shape index (κ2) is 4.85. The number of hydrogen-bond acceptors (Lipinski definition) is 4. The van der Waals surface area contributed by atoms with Gasteiger partial charge in [-0.1, -0.05) is 30.3 Å². The van der Waals surface area contributed by atoms with Gasteiger partial charge < -0.3 is 10.1 Å². The van der Waals surface area contributed by atoms with Gasteiger partial charge in [-0.25, -0.2) is 18.2 Å². The van der Waals surface area contributed by atoms with E-state index in [1.54, 1.807) is 0 Å². The summed E-state index contributed by atoms with van der Waals surface area (Å²) in [5.41, 5.74) is 0.886. The first kappa shape index (κ1) is 13.3. The third-order valence-electron chi connectivity index (χ3n) is 2.53. The summed E-state index contributed by atoms with van der Waals surface area (Å²) in [5.74, 6) is -1.25. The Morgan fingerprint density at radius 2 is 1.95 bits per heavy atom. The SMILES string of the molecule is CS(=O)(=O)c1nc(C(=O)O)c(Cc2ccccc2)[nH]1. The van der Waals surface area contributed by atoms with Crippen LogP contribution in [-0.4, -0.2) is 35.7 Å². The highest BCUT2D eigenvalue weighted by atomic mass is 32.2. The fourth-order valence-corrected chi connectivity index (χ4v) is 2.23. The number of aromatic amines is 1. The van der Waals surface area contributed by atoms with Crippen molar-refractivity contribution in [3.8, 4) is 0 Å². The minimum atomic E-state index is -3.56. The quantitative estimate of drug-likeness (QED) is 0.873. The van der Waals surface area contributed by atoms with Crippen molar-refractivity contribution in [2.24, 2.45) is 0 Å². The van der Waals surface area contributed by atoms with Gasteiger partial charge in [0, 0.05) is 12.7 Å². The van der Waals surface area contributed by atoms with E-state index in [1.165, 1.54) is 0 Å². The van der Waals surface area contributed by atoms with Crippen LogP contribution >= 0.6 is 0 Å². The normalized spacial score (nSPS) is 11.4. The number of aromatic nitrogens is 2. The molecule has 2 N–H and O–H groups in total. The van der Waals surface area contributed by atoms with Gasteiger partial charge >= 0.3 is 5.97 Å². The number of sulfone groups is 1. The van der Waals surface area contributed by atoms with Crippen LogP contribution in [0.2, 0.25) is 0 Å². The van der Waals surface area contributed by atoms with Crippen LogP contribution in [-0.2, 0) is 16.3 Å². The lowest BCUT2D eigenvalue weighted by atomic mass is 10.1. The first-order chi connectivity index (χ1) is 8.88. The number of benzene rings is 1. The van der Waals surface area contributed by atoms with Gasteiger partial charge in [-0.3, -0.25) is 0 Å². The van der Waals surface area contributed by atoms with Gasteiger partial charge in [-0.2, -0.15) is 0 Å². The summed E-state index contributed by atoms with van der Waals surface area (Å²) in [6, 6.07) is 9.14. The monoisotopic (exact) mass is 280 g/mol. The van der Waals surface area contributed by atoms with Gasteiger partial charge in [0.15, 0.2) is 5.69 Å². The number of carbonyl (C=O) groups is 1. The number of H-pyrrole nitrogens is 1. The molecule has 0 spiro atoms. The predicted molar refractivity (Wildman–Crippen MR) is 67.9 cm³/mol. The van der Waals surface area contributed by atoms with Crippen molar-refractivity contribution >= 4 is 15.8 Å². The van der Waals surface area contributed by atoms with Crippen LogP contribution in [0.15, 0.2) is 35.5 Å². The summed E-state index contributed by atoms with van der Waals surface area (Å²) in [4.78, 5) is 17.3. The molecule has 2 aromatic rings. The average molecular weight is 280 g/mol. The fraction of sp³-hybridized carbons (Fsp3) is 0.167. The van der Waals surface area contributed by atoms with E-state index in [4.69, 9.17) is 5.11 Å². The van der Waals surface area contributed by atoms with Crippen LogP contribution < -0.4 is 0 Å². The molecule has 0 aliphatic rings. The largest absolute Gasteiger partial charge is 0.476 e. The van der Waals surface area contributed by atoms with Crippen molar-refractivity contribution in [2.75, 3.05) is 6.26 Å². The number of aromatic carboxylic acids is 1. The molecule has 0 unspecified atom stereocenters. The lowest BCUT2D eigenvalue weighted by molar-refractivity contribution is 0.0689. The third kappa shape index (κ3) is 3.00. The molecule has 1 aromatic heterocycles. The van der Waals surface area contributed by atoms with Crippen molar-refractivity contribution in [1.29, 1.82) is 0 Å². The Kier molecular flexibility index (Phi) is 3.39. The molecule has 2 rings (SSSR count). The van der Waals surface area contributed by atoms with Crippen molar-refractivity contribution in [2.45, 2.75) is 11.6 Å². The van der Waals surface area contributed by atoms with Gasteiger partial charge in [-0.15, -0.1) is 0 Å². The van der Waals surface area contributed by atoms with E-state index in [-0.39, 0.29) is 23.0 Å². The second-order valence-corrected chi connectivity index (χ2v) is 6.04. The van der Waals surface area contributed by atoms with Gasteiger partial charge in [0.05, 0.1) is 5.69 Å². The Hall–Kier alpha value is -2.15. The maximum atomic E-state index is 11.4. The summed E-state index contributed by atoms with van der Waals surface area (Å²) in [6.07, 6.45) is 1.26. The zero-order valence-corrected chi connectivity index (χ0v) is 10.9. The van der Waals surface area contributed by atoms with Crippen LogP contribution in [0.5, 0.6) is 0 Å². The maximum absolute atomic E-state index is 11.4. The number of imidazole rings is 1. The van der Waals surface area contributed by atoms with Crippen LogP contribution in [0.25, 0.3) is 0 Å². The standard InChI is InChI=1S/C12H12N2O4S/c1-19(17,18)12-13-9(10(14-12)11(15)16)7-8-5-3-2-4-6-8/h2-6H,7H2,1H3,(H,13,14)(H,15,16). The Balaban J connectivity index is 2.45. The van der Waals surface area contributed by atoms with E-state index in [1.807, 2.05) is 30.3 Å². The zero-order valence-electron chi connectivity index (χ0n) is 10.1. The number of nitrogens with one attached hydrogen (secondary N) is 1. The minimum absolute atomic E-state index is 0.260. The summed E-state index contributed by atoms with van der Waals surface area (Å²) < 4.78 is 22.8. The molecule has 0 aliphatic carbocycles. The molecular weight excluding hydrogens is 268 g/mol. The van der Waals surface area contributed by atoms with E-state index in [9.17, 15) is 13.2 Å². The van der Waals surface area contributed by atoms with E-state index >= 15 is 0 Å². The van der Waals surface area contributed by atoms with Crippen LogP contribution in [0, 0.1) is 0 Å². The minimum Gasteiger partial charge on any atom is -0.476 e. The molecule has 0 amide bonds. The number of nitrogens with zero attached hydrogens (tertiary/aromatic N) is 1. The highest BCUT2D eigenvalue weighted by Gasteiger charge is 2.21. The zero-order chi connectivity index (χ0) is 14.0. The van der Waals surface area contributed by atoms with Crippen molar-refractivity contribution < 1.29 is 18.3 Å². The van der Waals surface area contributed by atoms with Gasteiger partial charge in [0.1, 0.15) is 0 Å². The molecule has 0 aliphatic heterocycles. The summed E-state index contributed by atoms with van der Waals surface area (Å²) in [7, 11) is -3.56. The number of hydrogen-bond donors (Lipinski definition) is 2. The lowest BCUT2D eigenvalue weighted by Gasteiger charge is -1.99. The van der Waals surface area contributed by atoms with Gasteiger partial charge in [0.2, 0.25) is 15.0 Å². The average Bonchev–Trinajstić information content (AvgIpc) is 2.74. The Morgan fingerprint density at radius 1 is 1.32 bits per heavy atom. The first-order valence-electron chi connectivity index (χ1n) is 5.44. The highest BCUT2D eigenvalue weighted by molar-refractivity contribution is 7.90. The summed E-state index contributed by atoms with van der Waals surface area (Å²) in [5, 5.41) is 8.72. The summed E-state index contributed by atoms with van der Waals surface area (Å²) in [6.45, 7) is 0. The van der Waals surface area contributed by atoms with Crippen LogP contribution in [0.1, 0.15) is 21.7 Å². The summed E-state index contributed by atoms with van der Waals surface area (Å²) >= 11 is 0. The molecule has 19 heavy (non-hydrogen) atoms. The van der Waals surface area contributed by atoms with Crippen molar-refractivity contribution in [1.82, 2.24) is 9.97 Å². The molecule has 1 aromatic carbocycles. The van der Waals surface area contributed by atoms with Crippen LogP contribution in [0.4, 0.5) is 0 Å². The van der Waals surface area contributed by atoms with E-state index < -0.39 is 15.8 Å². The Bertz CT molecular complexity index is 705.